The van der Waals surface area contributed by atoms with Gasteiger partial charge in [-0.05, 0) is 109 Å². The van der Waals surface area contributed by atoms with Gasteiger partial charge in [0.15, 0.2) is 0 Å². The third-order valence-corrected chi connectivity index (χ3v) is 10.4. The van der Waals surface area contributed by atoms with Crippen molar-refractivity contribution in [2.45, 2.75) is 19.3 Å². The van der Waals surface area contributed by atoms with Crippen LogP contribution in [-0.4, -0.2) is 0 Å². The van der Waals surface area contributed by atoms with Gasteiger partial charge in [0.25, 0.3) is 0 Å². The highest BCUT2D eigenvalue weighted by Gasteiger charge is 2.39. The van der Waals surface area contributed by atoms with Crippen molar-refractivity contribution in [3.63, 3.8) is 0 Å². The van der Waals surface area contributed by atoms with Gasteiger partial charge in [-0.3, -0.25) is 0 Å². The lowest BCUT2D eigenvalue weighted by Crippen LogP contribution is -2.17. The van der Waals surface area contributed by atoms with E-state index in [4.69, 9.17) is 0 Å². The molecule has 0 N–H and O–H groups in total. The lowest BCUT2D eigenvalue weighted by Gasteiger charge is -2.29. The van der Waals surface area contributed by atoms with E-state index in [0.29, 0.717) is 0 Å². The van der Waals surface area contributed by atoms with E-state index in [1.54, 1.807) is 0 Å². The molecule has 1 aliphatic rings. The van der Waals surface area contributed by atoms with Crippen LogP contribution in [0, 0.1) is 0 Å². The molecule has 0 atom stereocenters. The van der Waals surface area contributed by atoms with Crippen LogP contribution in [0.25, 0.3) is 55.3 Å². The van der Waals surface area contributed by atoms with Crippen molar-refractivity contribution in [1.82, 2.24) is 0 Å². The number of fused-ring (bicyclic) bond motifs is 5. The molecule has 0 bridgehead atoms. The van der Waals surface area contributed by atoms with Crippen LogP contribution in [0.5, 0.6) is 0 Å². The van der Waals surface area contributed by atoms with E-state index in [9.17, 15) is 0 Å². The molecule has 8 aromatic carbocycles. The zero-order chi connectivity index (χ0) is 33.7. The topological polar surface area (TPSA) is 3.24 Å². The molecule has 9 rings (SSSR count). The van der Waals surface area contributed by atoms with Crippen molar-refractivity contribution < 1.29 is 0 Å². The molecular weight excluding hydrogens is 603 g/mol. The van der Waals surface area contributed by atoms with Crippen molar-refractivity contribution in [2.75, 3.05) is 4.90 Å². The molecule has 50 heavy (non-hydrogen) atoms. The number of rotatable bonds is 6. The summed E-state index contributed by atoms with van der Waals surface area (Å²) in [5.41, 5.74) is 16.0. The van der Waals surface area contributed by atoms with Crippen LogP contribution in [0.1, 0.15) is 25.0 Å². The maximum absolute atomic E-state index is 2.44. The monoisotopic (exact) mass is 639 g/mol. The summed E-state index contributed by atoms with van der Waals surface area (Å²) in [6.45, 7) is 4.80. The first-order chi connectivity index (χ1) is 24.6. The number of hydrogen-bond acceptors (Lipinski definition) is 1. The van der Waals surface area contributed by atoms with Crippen molar-refractivity contribution in [2.24, 2.45) is 0 Å². The summed E-state index contributed by atoms with van der Waals surface area (Å²) in [5, 5.41) is 2.61. The Morgan fingerprint density at radius 2 is 0.920 bits per heavy atom. The Bertz CT molecular complexity index is 2480. The lowest BCUT2D eigenvalue weighted by atomic mass is 9.79. The Balaban J connectivity index is 1.24. The predicted molar refractivity (Wildman–Crippen MR) is 213 cm³/mol. The molecule has 1 heteroatoms. The minimum absolute atomic E-state index is 0.209. The Hall–Kier alpha value is -6.18. The lowest BCUT2D eigenvalue weighted by molar-refractivity contribution is 0.666. The molecule has 0 fully saturated rings. The van der Waals surface area contributed by atoms with E-state index < -0.39 is 0 Å². The van der Waals surface area contributed by atoms with Crippen LogP contribution in [0.15, 0.2) is 188 Å². The Labute approximate surface area is 294 Å². The quantitative estimate of drug-likeness (QED) is 0.175. The van der Waals surface area contributed by atoms with Crippen molar-refractivity contribution in [3.05, 3.63) is 199 Å². The molecule has 0 aromatic heterocycles. The number of nitrogens with zero attached hydrogens (tertiary/aromatic N) is 1. The highest BCUT2D eigenvalue weighted by atomic mass is 15.1. The summed E-state index contributed by atoms with van der Waals surface area (Å²) in [6, 6.07) is 68.4. The Morgan fingerprint density at radius 1 is 0.380 bits per heavy atom. The van der Waals surface area contributed by atoms with E-state index in [0.717, 1.165) is 17.1 Å². The highest BCUT2D eigenvalue weighted by Crippen LogP contribution is 2.56. The third-order valence-electron chi connectivity index (χ3n) is 10.4. The molecule has 1 nitrogen and oxygen atoms in total. The minimum Gasteiger partial charge on any atom is -0.310 e. The largest absolute Gasteiger partial charge is 0.310 e. The molecule has 0 spiro atoms. The molecule has 0 amide bonds. The fraction of sp³-hybridized carbons (Fsp3) is 0.0612. The van der Waals surface area contributed by atoms with Gasteiger partial charge in [0.2, 0.25) is 0 Å². The molecule has 238 valence electrons. The van der Waals surface area contributed by atoms with Gasteiger partial charge in [-0.15, -0.1) is 0 Å². The normalized spacial score (nSPS) is 12.8. The fourth-order valence-corrected chi connectivity index (χ4v) is 8.00. The zero-order valence-electron chi connectivity index (χ0n) is 28.3. The molecule has 0 saturated heterocycles. The fourth-order valence-electron chi connectivity index (χ4n) is 8.00. The molecule has 1 aliphatic carbocycles. The van der Waals surface area contributed by atoms with Crippen LogP contribution in [0.2, 0.25) is 0 Å². The number of anilines is 3. The second kappa shape index (κ2) is 12.1. The van der Waals surface area contributed by atoms with Gasteiger partial charge in [-0.1, -0.05) is 159 Å². The summed E-state index contributed by atoms with van der Waals surface area (Å²) in [6.07, 6.45) is 0. The SMILES string of the molecule is CC1(C)c2cc(N(c3ccc(-c4ccccc4)cc3)c3cccc(-c4ccccc4)c3)ccc2-c2c(-c3ccccc3)cc3ccccc3c21. The first-order valence-electron chi connectivity index (χ1n) is 17.4. The number of hydrogen-bond donors (Lipinski definition) is 0. The molecule has 0 unspecified atom stereocenters. The summed E-state index contributed by atoms with van der Waals surface area (Å²) in [5.74, 6) is 0. The summed E-state index contributed by atoms with van der Waals surface area (Å²) in [4.78, 5) is 2.41. The Kier molecular flexibility index (Phi) is 7.21. The molecule has 0 heterocycles. The van der Waals surface area contributed by atoms with Crippen LogP contribution in [0.3, 0.4) is 0 Å². The highest BCUT2D eigenvalue weighted by molar-refractivity contribution is 6.05. The number of benzene rings is 8. The van der Waals surface area contributed by atoms with Gasteiger partial charge < -0.3 is 4.90 Å². The van der Waals surface area contributed by atoms with Gasteiger partial charge in [0.05, 0.1) is 0 Å². The Morgan fingerprint density at radius 3 is 1.62 bits per heavy atom. The summed E-state index contributed by atoms with van der Waals surface area (Å²) < 4.78 is 0. The minimum atomic E-state index is -0.209. The first-order valence-corrected chi connectivity index (χ1v) is 17.4. The zero-order valence-corrected chi connectivity index (χ0v) is 28.3. The van der Waals surface area contributed by atoms with Gasteiger partial charge in [-0.2, -0.15) is 0 Å². The van der Waals surface area contributed by atoms with Crippen molar-refractivity contribution >= 4 is 27.8 Å². The van der Waals surface area contributed by atoms with E-state index in [-0.39, 0.29) is 5.41 Å². The maximum Gasteiger partial charge on any atom is 0.0467 e. The van der Waals surface area contributed by atoms with Crippen LogP contribution in [0.4, 0.5) is 17.1 Å². The molecule has 0 aliphatic heterocycles. The summed E-state index contributed by atoms with van der Waals surface area (Å²) >= 11 is 0. The maximum atomic E-state index is 2.44. The third kappa shape index (κ3) is 5.02. The van der Waals surface area contributed by atoms with Crippen molar-refractivity contribution in [3.8, 4) is 44.5 Å². The van der Waals surface area contributed by atoms with Gasteiger partial charge in [0.1, 0.15) is 0 Å². The second-order valence-electron chi connectivity index (χ2n) is 13.8. The average Bonchev–Trinajstić information content (AvgIpc) is 3.42. The van der Waals surface area contributed by atoms with Crippen molar-refractivity contribution in [1.29, 1.82) is 0 Å². The van der Waals surface area contributed by atoms with Gasteiger partial charge >= 0.3 is 0 Å². The molecular formula is C49H37N. The van der Waals surface area contributed by atoms with Gasteiger partial charge in [-0.25, -0.2) is 0 Å². The second-order valence-corrected chi connectivity index (χ2v) is 13.8. The smallest absolute Gasteiger partial charge is 0.0467 e. The summed E-state index contributed by atoms with van der Waals surface area (Å²) in [7, 11) is 0. The molecule has 0 radical (unpaired) electrons. The molecule has 0 saturated carbocycles. The van der Waals surface area contributed by atoms with E-state index in [2.05, 4.69) is 207 Å². The van der Waals surface area contributed by atoms with E-state index in [1.807, 2.05) is 0 Å². The van der Waals surface area contributed by atoms with E-state index >= 15 is 0 Å². The van der Waals surface area contributed by atoms with Crippen LogP contribution >= 0.6 is 0 Å². The average molecular weight is 640 g/mol. The van der Waals surface area contributed by atoms with Gasteiger partial charge in [0, 0.05) is 22.5 Å². The van der Waals surface area contributed by atoms with Crippen LogP contribution < -0.4 is 4.90 Å². The van der Waals surface area contributed by atoms with Crippen LogP contribution in [-0.2, 0) is 5.41 Å². The predicted octanol–water partition coefficient (Wildman–Crippen LogP) is 13.6. The first kappa shape index (κ1) is 29.9. The molecule has 8 aromatic rings. The standard InChI is InChI=1S/C49H37N/c1-49(2)46-33-42(29-30-44(46)47-45(37-19-10-5-11-20-37)32-39-21-12-13-24-43(39)48(47)49)50(40-27-25-36(26-28-40)34-15-6-3-7-16-34)41-23-14-22-38(31-41)35-17-8-4-9-18-35/h3-33H,1-2H3. The van der Waals surface area contributed by atoms with E-state index in [1.165, 1.54) is 66.4 Å².